The van der Waals surface area contributed by atoms with Gasteiger partial charge in [-0.2, -0.15) is 0 Å². The van der Waals surface area contributed by atoms with E-state index in [0.717, 1.165) is 22.4 Å². The molecular formula is C29H27N3O3. The number of nitrogens with one attached hydrogen (secondary N) is 1. The molecule has 6 heteroatoms. The van der Waals surface area contributed by atoms with Gasteiger partial charge in [-0.1, -0.05) is 54.6 Å². The minimum Gasteiger partial charge on any atom is -0.497 e. The molecule has 0 aliphatic heterocycles. The summed E-state index contributed by atoms with van der Waals surface area (Å²) in [5, 5.41) is 2.91. The Bertz CT molecular complexity index is 1260. The van der Waals surface area contributed by atoms with Gasteiger partial charge in [0.25, 0.3) is 5.91 Å². The van der Waals surface area contributed by atoms with E-state index in [4.69, 9.17) is 4.74 Å². The van der Waals surface area contributed by atoms with Gasteiger partial charge in [-0.05, 0) is 53.1 Å². The van der Waals surface area contributed by atoms with Crippen LogP contribution in [0.4, 0.5) is 5.69 Å². The van der Waals surface area contributed by atoms with Crippen molar-refractivity contribution in [3.63, 3.8) is 0 Å². The first kappa shape index (κ1) is 23.7. The third-order valence-electron chi connectivity index (χ3n) is 5.57. The molecule has 1 N–H and O–H groups in total. The van der Waals surface area contributed by atoms with E-state index in [9.17, 15) is 9.59 Å². The van der Waals surface area contributed by atoms with E-state index in [-0.39, 0.29) is 18.2 Å². The second kappa shape index (κ2) is 11.6. The average molecular weight is 466 g/mol. The molecule has 1 aromatic heterocycles. The fourth-order valence-corrected chi connectivity index (χ4v) is 3.70. The van der Waals surface area contributed by atoms with Crippen LogP contribution in [-0.2, 0) is 24.3 Å². The van der Waals surface area contributed by atoms with Crippen molar-refractivity contribution >= 4 is 17.5 Å². The summed E-state index contributed by atoms with van der Waals surface area (Å²) < 4.78 is 5.30. The topological polar surface area (TPSA) is 71.5 Å². The van der Waals surface area contributed by atoms with E-state index in [2.05, 4.69) is 10.3 Å². The molecule has 0 saturated carbocycles. The first-order valence-corrected chi connectivity index (χ1v) is 11.4. The number of nitrogens with zero attached hydrogens (tertiary/aromatic N) is 2. The number of hydrogen-bond acceptors (Lipinski definition) is 4. The van der Waals surface area contributed by atoms with Gasteiger partial charge in [0.05, 0.1) is 20.1 Å². The number of benzene rings is 3. The van der Waals surface area contributed by atoms with E-state index in [1.165, 1.54) is 0 Å². The van der Waals surface area contributed by atoms with Gasteiger partial charge in [-0.25, -0.2) is 0 Å². The summed E-state index contributed by atoms with van der Waals surface area (Å²) in [7, 11) is 1.58. The van der Waals surface area contributed by atoms with Crippen molar-refractivity contribution in [1.82, 2.24) is 10.3 Å². The van der Waals surface area contributed by atoms with Crippen LogP contribution in [0.5, 0.6) is 5.75 Å². The van der Waals surface area contributed by atoms with E-state index < -0.39 is 0 Å². The lowest BCUT2D eigenvalue weighted by molar-refractivity contribution is -0.120. The van der Waals surface area contributed by atoms with E-state index in [1.807, 2.05) is 72.8 Å². The van der Waals surface area contributed by atoms with E-state index >= 15 is 0 Å². The zero-order valence-electron chi connectivity index (χ0n) is 19.6. The number of amides is 2. The molecule has 176 valence electrons. The van der Waals surface area contributed by atoms with Crippen molar-refractivity contribution in [1.29, 1.82) is 0 Å². The molecular weight excluding hydrogens is 438 g/mol. The van der Waals surface area contributed by atoms with Gasteiger partial charge in [-0.15, -0.1) is 0 Å². The summed E-state index contributed by atoms with van der Waals surface area (Å²) in [6.45, 7) is 0.854. The Balaban J connectivity index is 1.49. The van der Waals surface area contributed by atoms with Crippen molar-refractivity contribution in [2.45, 2.75) is 19.5 Å². The standard InChI is InChI=1S/C29H27N3O3/c1-35-27-11-5-10-25(18-27)29(34)32(21-23-7-3-2-4-8-23)26-14-12-22(13-15-26)17-28(33)31-20-24-9-6-16-30-19-24/h2-16,18-19H,17,20-21H2,1H3,(H,31,33). The van der Waals surface area contributed by atoms with Crippen LogP contribution in [0.2, 0.25) is 0 Å². The maximum atomic E-state index is 13.5. The molecule has 1 heterocycles. The minimum atomic E-state index is -0.130. The van der Waals surface area contributed by atoms with Crippen molar-refractivity contribution in [2.75, 3.05) is 12.0 Å². The molecule has 4 aromatic rings. The summed E-state index contributed by atoms with van der Waals surface area (Å²) in [5.41, 5.74) is 4.12. The first-order chi connectivity index (χ1) is 17.1. The maximum Gasteiger partial charge on any atom is 0.258 e. The highest BCUT2D eigenvalue weighted by molar-refractivity contribution is 6.06. The number of carbonyl (C=O) groups excluding carboxylic acids is 2. The van der Waals surface area contributed by atoms with Crippen molar-refractivity contribution in [3.05, 3.63) is 126 Å². The lowest BCUT2D eigenvalue weighted by atomic mass is 10.1. The van der Waals surface area contributed by atoms with Gasteiger partial charge in [0.2, 0.25) is 5.91 Å². The normalized spacial score (nSPS) is 10.4. The van der Waals surface area contributed by atoms with Crippen LogP contribution < -0.4 is 15.0 Å². The number of carbonyl (C=O) groups is 2. The van der Waals surface area contributed by atoms with Crippen molar-refractivity contribution in [2.24, 2.45) is 0 Å². The monoisotopic (exact) mass is 465 g/mol. The van der Waals surface area contributed by atoms with E-state index in [0.29, 0.717) is 24.4 Å². The molecule has 6 nitrogen and oxygen atoms in total. The highest BCUT2D eigenvalue weighted by Crippen LogP contribution is 2.23. The van der Waals surface area contributed by atoms with Crippen LogP contribution in [0.3, 0.4) is 0 Å². The van der Waals surface area contributed by atoms with Gasteiger partial charge in [-0.3, -0.25) is 14.6 Å². The van der Waals surface area contributed by atoms with Crippen molar-refractivity contribution < 1.29 is 14.3 Å². The summed E-state index contributed by atoms with van der Waals surface area (Å²) in [6, 6.07) is 28.3. The zero-order chi connectivity index (χ0) is 24.5. The third kappa shape index (κ3) is 6.54. The highest BCUT2D eigenvalue weighted by atomic mass is 16.5. The number of ether oxygens (including phenoxy) is 1. The van der Waals surface area contributed by atoms with Crippen LogP contribution in [0, 0.1) is 0 Å². The smallest absolute Gasteiger partial charge is 0.258 e. The van der Waals surface area contributed by atoms with Crippen LogP contribution in [0.15, 0.2) is 103 Å². The molecule has 3 aromatic carbocycles. The largest absolute Gasteiger partial charge is 0.497 e. The van der Waals surface area contributed by atoms with E-state index in [1.54, 1.807) is 42.6 Å². The molecule has 0 aliphatic rings. The predicted octanol–water partition coefficient (Wildman–Crippen LogP) is 4.80. The van der Waals surface area contributed by atoms with Crippen LogP contribution in [0.1, 0.15) is 27.0 Å². The molecule has 2 amide bonds. The first-order valence-electron chi connectivity index (χ1n) is 11.4. The molecule has 0 fully saturated rings. The molecule has 0 spiro atoms. The molecule has 0 atom stereocenters. The average Bonchev–Trinajstić information content (AvgIpc) is 2.92. The van der Waals surface area contributed by atoms with Crippen LogP contribution in [0.25, 0.3) is 0 Å². The maximum absolute atomic E-state index is 13.5. The summed E-state index contributed by atoms with van der Waals surface area (Å²) in [5.74, 6) is 0.424. The number of methoxy groups -OCH3 is 1. The number of hydrogen-bond donors (Lipinski definition) is 1. The number of pyridine rings is 1. The fraction of sp³-hybridized carbons (Fsp3) is 0.138. The van der Waals surface area contributed by atoms with Crippen LogP contribution in [-0.4, -0.2) is 23.9 Å². The second-order valence-electron chi connectivity index (χ2n) is 8.09. The molecule has 0 bridgehead atoms. The lowest BCUT2D eigenvalue weighted by Crippen LogP contribution is -2.30. The quantitative estimate of drug-likeness (QED) is 0.386. The van der Waals surface area contributed by atoms with Gasteiger partial charge < -0.3 is 15.0 Å². The lowest BCUT2D eigenvalue weighted by Gasteiger charge is -2.24. The minimum absolute atomic E-state index is 0.0739. The van der Waals surface area contributed by atoms with Gasteiger partial charge >= 0.3 is 0 Å². The highest BCUT2D eigenvalue weighted by Gasteiger charge is 2.19. The van der Waals surface area contributed by atoms with Gasteiger partial charge in [0.15, 0.2) is 0 Å². The molecule has 0 saturated heterocycles. The van der Waals surface area contributed by atoms with Gasteiger partial charge in [0, 0.05) is 30.2 Å². The third-order valence-corrected chi connectivity index (χ3v) is 5.57. The molecule has 35 heavy (non-hydrogen) atoms. The number of aromatic nitrogens is 1. The van der Waals surface area contributed by atoms with Crippen LogP contribution >= 0.6 is 0 Å². The van der Waals surface area contributed by atoms with Gasteiger partial charge in [0.1, 0.15) is 5.75 Å². The Hall–Kier alpha value is -4.45. The molecule has 4 rings (SSSR count). The molecule has 0 radical (unpaired) electrons. The summed E-state index contributed by atoms with van der Waals surface area (Å²) in [6.07, 6.45) is 3.69. The molecule has 0 aliphatic carbocycles. The second-order valence-corrected chi connectivity index (χ2v) is 8.09. The Morgan fingerprint density at radius 2 is 1.63 bits per heavy atom. The van der Waals surface area contributed by atoms with Crippen molar-refractivity contribution in [3.8, 4) is 5.75 Å². The number of rotatable bonds is 9. The Labute approximate surface area is 205 Å². The molecule has 0 unspecified atom stereocenters. The number of anilines is 1. The fourth-order valence-electron chi connectivity index (χ4n) is 3.70. The predicted molar refractivity (Wildman–Crippen MR) is 136 cm³/mol. The summed E-state index contributed by atoms with van der Waals surface area (Å²) in [4.78, 5) is 31.7. The SMILES string of the molecule is COc1cccc(C(=O)N(Cc2ccccc2)c2ccc(CC(=O)NCc3cccnc3)cc2)c1. The Kier molecular flexibility index (Phi) is 7.86. The zero-order valence-corrected chi connectivity index (χ0v) is 19.6. The summed E-state index contributed by atoms with van der Waals surface area (Å²) >= 11 is 0. The Morgan fingerprint density at radius 1 is 0.857 bits per heavy atom. The Morgan fingerprint density at radius 3 is 2.34 bits per heavy atom.